The number of hydrogen-bond acceptors (Lipinski definition) is 3. The molecule has 0 fully saturated rings. The van der Waals surface area contributed by atoms with Gasteiger partial charge in [0, 0.05) is 23.6 Å². The summed E-state index contributed by atoms with van der Waals surface area (Å²) in [6, 6.07) is 6.81. The Morgan fingerprint density at radius 1 is 1.13 bits per heavy atom. The van der Waals surface area contributed by atoms with Crippen molar-refractivity contribution in [3.63, 3.8) is 0 Å². The first-order chi connectivity index (χ1) is 10.9. The Labute approximate surface area is 135 Å². The van der Waals surface area contributed by atoms with E-state index in [1.807, 2.05) is 0 Å². The second-order valence-electron chi connectivity index (χ2n) is 4.88. The maximum Gasteiger partial charge on any atom is 0.221 e. The molecule has 4 nitrogen and oxygen atoms in total. The molecule has 23 heavy (non-hydrogen) atoms. The van der Waals surface area contributed by atoms with Crippen molar-refractivity contribution in [1.82, 2.24) is 9.97 Å². The van der Waals surface area contributed by atoms with Crippen LogP contribution in [-0.4, -0.2) is 15.9 Å². The van der Waals surface area contributed by atoms with Crippen LogP contribution in [0.4, 0.5) is 14.5 Å². The van der Waals surface area contributed by atoms with Crippen molar-refractivity contribution in [3.8, 4) is 11.3 Å². The van der Waals surface area contributed by atoms with E-state index < -0.39 is 17.5 Å². The highest BCUT2D eigenvalue weighted by Crippen LogP contribution is 2.28. The second kappa shape index (κ2) is 5.89. The molecule has 1 aromatic heterocycles. The largest absolute Gasteiger partial charge is 0.324 e. The molecule has 0 atom stereocenters. The third kappa shape index (κ3) is 3.12. The van der Waals surface area contributed by atoms with Crippen LogP contribution in [0.25, 0.3) is 22.3 Å². The molecule has 0 radical (unpaired) electrons. The SMILES string of the molecule is CC(=O)Nc1cc(F)c(-c2cnc3cc(Cl)ccc3n2)cc1F. The molecule has 0 saturated carbocycles. The van der Waals surface area contributed by atoms with E-state index >= 15 is 0 Å². The number of halogens is 3. The Morgan fingerprint density at radius 3 is 2.65 bits per heavy atom. The van der Waals surface area contributed by atoms with Gasteiger partial charge in [-0.05, 0) is 24.3 Å². The van der Waals surface area contributed by atoms with Gasteiger partial charge in [-0.2, -0.15) is 0 Å². The van der Waals surface area contributed by atoms with Crippen LogP contribution in [0.3, 0.4) is 0 Å². The van der Waals surface area contributed by atoms with Gasteiger partial charge in [0.25, 0.3) is 0 Å². The van der Waals surface area contributed by atoms with E-state index in [9.17, 15) is 13.6 Å². The molecule has 1 amide bonds. The molecule has 0 spiro atoms. The number of aromatic nitrogens is 2. The smallest absolute Gasteiger partial charge is 0.221 e. The molecule has 116 valence electrons. The van der Waals surface area contributed by atoms with Gasteiger partial charge in [-0.15, -0.1) is 0 Å². The molecule has 0 unspecified atom stereocenters. The summed E-state index contributed by atoms with van der Waals surface area (Å²) in [5, 5.41) is 2.73. The highest BCUT2D eigenvalue weighted by molar-refractivity contribution is 6.31. The maximum absolute atomic E-state index is 14.2. The first-order valence-electron chi connectivity index (χ1n) is 6.63. The van der Waals surface area contributed by atoms with Crippen LogP contribution >= 0.6 is 11.6 Å². The third-order valence-electron chi connectivity index (χ3n) is 3.15. The second-order valence-corrected chi connectivity index (χ2v) is 5.32. The molecule has 0 aliphatic carbocycles. The number of hydrogen-bond donors (Lipinski definition) is 1. The average molecular weight is 334 g/mol. The van der Waals surface area contributed by atoms with Crippen LogP contribution in [0, 0.1) is 11.6 Å². The molecule has 0 aliphatic rings. The summed E-state index contributed by atoms with van der Waals surface area (Å²) in [5.41, 5.74) is 0.987. The highest BCUT2D eigenvalue weighted by Gasteiger charge is 2.14. The van der Waals surface area contributed by atoms with Gasteiger partial charge >= 0.3 is 0 Å². The van der Waals surface area contributed by atoms with Gasteiger partial charge in [0.1, 0.15) is 11.6 Å². The molecule has 1 N–H and O–H groups in total. The number of rotatable bonds is 2. The van der Waals surface area contributed by atoms with E-state index in [0.29, 0.717) is 16.1 Å². The van der Waals surface area contributed by atoms with E-state index in [4.69, 9.17) is 11.6 Å². The molecule has 0 saturated heterocycles. The van der Waals surface area contributed by atoms with Crippen LogP contribution in [-0.2, 0) is 4.79 Å². The number of carbonyl (C=O) groups excluding carboxylic acids is 1. The average Bonchev–Trinajstić information content (AvgIpc) is 2.49. The summed E-state index contributed by atoms with van der Waals surface area (Å²) in [6.07, 6.45) is 1.34. The van der Waals surface area contributed by atoms with Gasteiger partial charge in [-0.25, -0.2) is 13.8 Å². The zero-order valence-electron chi connectivity index (χ0n) is 11.9. The minimum absolute atomic E-state index is 0.0408. The van der Waals surface area contributed by atoms with E-state index in [2.05, 4.69) is 15.3 Å². The molecule has 1 heterocycles. The van der Waals surface area contributed by atoms with Gasteiger partial charge in [0.15, 0.2) is 0 Å². The monoisotopic (exact) mass is 333 g/mol. The van der Waals surface area contributed by atoms with E-state index in [1.165, 1.54) is 13.1 Å². The summed E-state index contributed by atoms with van der Waals surface area (Å²) in [5.74, 6) is -1.95. The third-order valence-corrected chi connectivity index (χ3v) is 3.38. The number of benzene rings is 2. The number of amides is 1. The van der Waals surface area contributed by atoms with Crippen molar-refractivity contribution in [2.75, 3.05) is 5.32 Å². The Hall–Kier alpha value is -2.60. The highest BCUT2D eigenvalue weighted by atomic mass is 35.5. The Kier molecular flexibility index (Phi) is 3.92. The van der Waals surface area contributed by atoms with Crippen LogP contribution in [0.1, 0.15) is 6.92 Å². The minimum Gasteiger partial charge on any atom is -0.324 e. The van der Waals surface area contributed by atoms with Crippen molar-refractivity contribution < 1.29 is 13.6 Å². The van der Waals surface area contributed by atoms with Gasteiger partial charge in [0.05, 0.1) is 28.6 Å². The zero-order chi connectivity index (χ0) is 16.6. The Bertz CT molecular complexity index is 931. The van der Waals surface area contributed by atoms with Crippen LogP contribution in [0.5, 0.6) is 0 Å². The number of nitrogens with one attached hydrogen (secondary N) is 1. The fourth-order valence-electron chi connectivity index (χ4n) is 2.14. The molecule has 0 bridgehead atoms. The van der Waals surface area contributed by atoms with Crippen molar-refractivity contribution in [2.24, 2.45) is 0 Å². The van der Waals surface area contributed by atoms with Crippen molar-refractivity contribution in [1.29, 1.82) is 0 Å². The van der Waals surface area contributed by atoms with Gasteiger partial charge < -0.3 is 5.32 Å². The van der Waals surface area contributed by atoms with Crippen molar-refractivity contribution in [3.05, 3.63) is 53.2 Å². The summed E-state index contributed by atoms with van der Waals surface area (Å²) in [7, 11) is 0. The van der Waals surface area contributed by atoms with Crippen molar-refractivity contribution in [2.45, 2.75) is 6.92 Å². The standard InChI is InChI=1S/C16H10ClF2N3O/c1-8(23)21-14-6-11(18)10(5-12(14)19)16-7-20-15-4-9(17)2-3-13(15)22-16/h2-7H,1H3,(H,21,23). The predicted molar refractivity (Wildman–Crippen MR) is 84.2 cm³/mol. The number of carbonyl (C=O) groups is 1. The lowest BCUT2D eigenvalue weighted by atomic mass is 10.1. The van der Waals surface area contributed by atoms with Gasteiger partial charge in [-0.3, -0.25) is 9.78 Å². The normalized spacial score (nSPS) is 10.8. The van der Waals surface area contributed by atoms with E-state index in [1.54, 1.807) is 18.2 Å². The zero-order valence-corrected chi connectivity index (χ0v) is 12.7. The van der Waals surface area contributed by atoms with Crippen LogP contribution in [0.15, 0.2) is 36.5 Å². The Balaban J connectivity index is 2.09. The topological polar surface area (TPSA) is 54.9 Å². The number of nitrogens with zero attached hydrogens (tertiary/aromatic N) is 2. The lowest BCUT2D eigenvalue weighted by molar-refractivity contribution is -0.114. The summed E-state index contributed by atoms with van der Waals surface area (Å²) >= 11 is 5.87. The minimum atomic E-state index is -0.755. The van der Waals surface area contributed by atoms with Gasteiger partial charge in [-0.1, -0.05) is 11.6 Å². The fraction of sp³-hybridized carbons (Fsp3) is 0.0625. The number of fused-ring (bicyclic) bond motifs is 1. The van der Waals surface area contributed by atoms with E-state index in [0.717, 1.165) is 12.1 Å². The first kappa shape index (κ1) is 15.3. The van der Waals surface area contributed by atoms with Gasteiger partial charge in [0.2, 0.25) is 5.91 Å². The molecular formula is C16H10ClF2N3O. The van der Waals surface area contributed by atoms with Crippen LogP contribution in [0.2, 0.25) is 5.02 Å². The van der Waals surface area contributed by atoms with E-state index in [-0.39, 0.29) is 16.9 Å². The van der Waals surface area contributed by atoms with Crippen LogP contribution < -0.4 is 5.32 Å². The molecule has 7 heteroatoms. The fourth-order valence-corrected chi connectivity index (χ4v) is 2.31. The summed E-state index contributed by atoms with van der Waals surface area (Å²) < 4.78 is 28.2. The molecular weight excluding hydrogens is 324 g/mol. The Morgan fingerprint density at radius 2 is 1.91 bits per heavy atom. The molecule has 3 aromatic rings. The predicted octanol–water partition coefficient (Wildman–Crippen LogP) is 4.19. The van der Waals surface area contributed by atoms with Crippen molar-refractivity contribution >= 4 is 34.2 Å². The maximum atomic E-state index is 14.2. The molecule has 2 aromatic carbocycles. The quantitative estimate of drug-likeness (QED) is 0.765. The summed E-state index contributed by atoms with van der Waals surface area (Å²) in [6.45, 7) is 1.21. The lowest BCUT2D eigenvalue weighted by Gasteiger charge is -2.08. The molecule has 0 aliphatic heterocycles. The number of anilines is 1. The first-order valence-corrected chi connectivity index (χ1v) is 7.01. The summed E-state index contributed by atoms with van der Waals surface area (Å²) in [4.78, 5) is 19.4. The molecule has 3 rings (SSSR count). The lowest BCUT2D eigenvalue weighted by Crippen LogP contribution is -2.08.